The third kappa shape index (κ3) is 7.97. The van der Waals surface area contributed by atoms with Crippen molar-refractivity contribution in [2.75, 3.05) is 26.3 Å². The van der Waals surface area contributed by atoms with Gasteiger partial charge in [-0.2, -0.15) is 4.98 Å². The Morgan fingerprint density at radius 3 is 2.85 bits per heavy atom. The predicted molar refractivity (Wildman–Crippen MR) is 108 cm³/mol. The minimum Gasteiger partial charge on any atom is -0.381 e. The quantitative estimate of drug-likeness (QED) is 0.344. The van der Waals surface area contributed by atoms with Gasteiger partial charge in [0.1, 0.15) is 6.54 Å². The first-order chi connectivity index (χ1) is 13.2. The maximum Gasteiger partial charge on any atom is 0.248 e. The molecule has 0 aliphatic heterocycles. The fourth-order valence-electron chi connectivity index (χ4n) is 2.28. The van der Waals surface area contributed by atoms with Crippen molar-refractivity contribution in [1.82, 2.24) is 20.8 Å². The van der Waals surface area contributed by atoms with E-state index in [0.29, 0.717) is 29.2 Å². The zero-order valence-corrected chi connectivity index (χ0v) is 16.8. The van der Waals surface area contributed by atoms with E-state index < -0.39 is 0 Å². The van der Waals surface area contributed by atoms with Crippen LogP contribution >= 0.6 is 11.6 Å². The molecule has 0 spiro atoms. The van der Waals surface area contributed by atoms with Gasteiger partial charge in [0, 0.05) is 36.9 Å². The molecule has 27 heavy (non-hydrogen) atoms. The fourth-order valence-corrected chi connectivity index (χ4v) is 2.47. The van der Waals surface area contributed by atoms with Crippen LogP contribution in [0.5, 0.6) is 0 Å². The second-order valence-electron chi connectivity index (χ2n) is 5.96. The Kier molecular flexibility index (Phi) is 9.65. The normalized spacial score (nSPS) is 11.6. The molecule has 1 heterocycles. The van der Waals surface area contributed by atoms with Crippen molar-refractivity contribution >= 4 is 17.6 Å². The first-order valence-electron chi connectivity index (χ1n) is 9.41. The zero-order chi connectivity index (χ0) is 19.3. The van der Waals surface area contributed by atoms with Gasteiger partial charge in [0.25, 0.3) is 0 Å². The second-order valence-corrected chi connectivity index (χ2v) is 6.40. The van der Waals surface area contributed by atoms with Gasteiger partial charge in [0.2, 0.25) is 11.7 Å². The van der Waals surface area contributed by atoms with E-state index in [0.717, 1.165) is 51.1 Å². The number of nitrogens with zero attached hydrogens (tertiary/aromatic N) is 3. The fraction of sp³-hybridized carbons (Fsp3) is 0.526. The van der Waals surface area contributed by atoms with E-state index in [2.05, 4.69) is 32.7 Å². The van der Waals surface area contributed by atoms with E-state index in [-0.39, 0.29) is 0 Å². The van der Waals surface area contributed by atoms with Gasteiger partial charge >= 0.3 is 0 Å². The molecule has 0 bridgehead atoms. The molecule has 2 aromatic rings. The average molecular weight is 394 g/mol. The minimum atomic E-state index is 0.301. The monoisotopic (exact) mass is 393 g/mol. The topological polar surface area (TPSA) is 84.6 Å². The molecule has 0 amide bonds. The van der Waals surface area contributed by atoms with Crippen LogP contribution in [-0.4, -0.2) is 42.4 Å². The number of benzene rings is 1. The van der Waals surface area contributed by atoms with Gasteiger partial charge in [0.15, 0.2) is 5.96 Å². The van der Waals surface area contributed by atoms with Crippen molar-refractivity contribution in [2.24, 2.45) is 4.99 Å². The number of aromatic nitrogens is 2. The number of nitrogens with one attached hydrogen (secondary N) is 2. The average Bonchev–Trinajstić information content (AvgIpc) is 3.14. The summed E-state index contributed by atoms with van der Waals surface area (Å²) in [6.45, 7) is 7.62. The zero-order valence-electron chi connectivity index (χ0n) is 16.0. The van der Waals surface area contributed by atoms with Crippen molar-refractivity contribution in [3.8, 4) is 11.4 Å². The van der Waals surface area contributed by atoms with Gasteiger partial charge in [-0.3, -0.25) is 0 Å². The molecule has 0 saturated heterocycles. The summed E-state index contributed by atoms with van der Waals surface area (Å²) in [5.74, 6) is 1.67. The van der Waals surface area contributed by atoms with Crippen molar-refractivity contribution in [3.63, 3.8) is 0 Å². The third-order valence-corrected chi connectivity index (χ3v) is 3.90. The maximum atomic E-state index is 6.00. The van der Waals surface area contributed by atoms with Crippen LogP contribution in [0.3, 0.4) is 0 Å². The number of hydrogen-bond acceptors (Lipinski definition) is 5. The summed E-state index contributed by atoms with van der Waals surface area (Å²) in [6, 6.07) is 7.34. The number of unbranched alkanes of at least 4 members (excludes halogenated alkanes) is 1. The molecule has 0 aliphatic carbocycles. The Labute approximate surface area is 165 Å². The standard InChI is InChI=1S/C19H28ClN5O2/c1-3-5-11-26-12-7-10-22-19(21-4-2)23-14-17-24-18(25-27-17)15-8-6-9-16(20)13-15/h6,8-9,13H,3-5,7,10-12,14H2,1-2H3,(H2,21,22,23). The molecule has 0 aliphatic rings. The van der Waals surface area contributed by atoms with Crippen LogP contribution in [-0.2, 0) is 11.3 Å². The van der Waals surface area contributed by atoms with Crippen LogP contribution in [0.15, 0.2) is 33.8 Å². The van der Waals surface area contributed by atoms with Crippen molar-refractivity contribution < 1.29 is 9.26 Å². The molecule has 0 unspecified atom stereocenters. The molecule has 0 radical (unpaired) electrons. The van der Waals surface area contributed by atoms with Gasteiger partial charge in [-0.1, -0.05) is 42.2 Å². The largest absolute Gasteiger partial charge is 0.381 e. The number of rotatable bonds is 11. The summed E-state index contributed by atoms with van der Waals surface area (Å²) in [5.41, 5.74) is 0.814. The Morgan fingerprint density at radius 1 is 1.22 bits per heavy atom. The summed E-state index contributed by atoms with van der Waals surface area (Å²) < 4.78 is 10.8. The third-order valence-electron chi connectivity index (χ3n) is 3.67. The highest BCUT2D eigenvalue weighted by atomic mass is 35.5. The molecular weight excluding hydrogens is 366 g/mol. The van der Waals surface area contributed by atoms with E-state index in [4.69, 9.17) is 20.9 Å². The van der Waals surface area contributed by atoms with Crippen LogP contribution < -0.4 is 10.6 Å². The van der Waals surface area contributed by atoms with Crippen molar-refractivity contribution in [2.45, 2.75) is 39.7 Å². The number of ether oxygens (including phenoxy) is 1. The van der Waals surface area contributed by atoms with E-state index in [1.807, 2.05) is 19.1 Å². The lowest BCUT2D eigenvalue weighted by atomic mass is 10.2. The van der Waals surface area contributed by atoms with Gasteiger partial charge < -0.3 is 19.9 Å². The molecule has 2 N–H and O–H groups in total. The highest BCUT2D eigenvalue weighted by Crippen LogP contribution is 2.19. The van der Waals surface area contributed by atoms with Crippen LogP contribution in [0, 0.1) is 0 Å². The summed E-state index contributed by atoms with van der Waals surface area (Å²) in [7, 11) is 0. The molecule has 1 aromatic carbocycles. The van der Waals surface area contributed by atoms with Crippen LogP contribution in [0.4, 0.5) is 0 Å². The number of guanidine groups is 1. The summed E-state index contributed by atoms with van der Waals surface area (Å²) in [5, 5.41) is 11.1. The van der Waals surface area contributed by atoms with Crippen LogP contribution in [0.1, 0.15) is 39.0 Å². The Balaban J connectivity index is 1.82. The highest BCUT2D eigenvalue weighted by molar-refractivity contribution is 6.30. The summed E-state index contributed by atoms with van der Waals surface area (Å²) in [6.07, 6.45) is 3.19. The molecular formula is C19H28ClN5O2. The SMILES string of the molecule is CCCCOCCCNC(=NCc1nc(-c2cccc(Cl)c2)no1)NCC. The lowest BCUT2D eigenvalue weighted by Crippen LogP contribution is -2.38. The predicted octanol–water partition coefficient (Wildman–Crippen LogP) is 3.65. The highest BCUT2D eigenvalue weighted by Gasteiger charge is 2.09. The van der Waals surface area contributed by atoms with Crippen molar-refractivity contribution in [3.05, 3.63) is 35.2 Å². The molecule has 0 atom stereocenters. The lowest BCUT2D eigenvalue weighted by molar-refractivity contribution is 0.129. The van der Waals surface area contributed by atoms with E-state index in [9.17, 15) is 0 Å². The molecule has 148 valence electrons. The molecule has 8 heteroatoms. The Bertz CT molecular complexity index is 705. The van der Waals surface area contributed by atoms with E-state index >= 15 is 0 Å². The van der Waals surface area contributed by atoms with Crippen LogP contribution in [0.25, 0.3) is 11.4 Å². The van der Waals surface area contributed by atoms with Gasteiger partial charge in [0.05, 0.1) is 0 Å². The van der Waals surface area contributed by atoms with Gasteiger partial charge in [-0.05, 0) is 31.9 Å². The van der Waals surface area contributed by atoms with Crippen molar-refractivity contribution in [1.29, 1.82) is 0 Å². The first-order valence-corrected chi connectivity index (χ1v) is 9.79. The second kappa shape index (κ2) is 12.3. The molecule has 0 fully saturated rings. The Morgan fingerprint density at radius 2 is 2.07 bits per heavy atom. The van der Waals surface area contributed by atoms with Gasteiger partial charge in [-0.25, -0.2) is 4.99 Å². The molecule has 7 nitrogen and oxygen atoms in total. The smallest absolute Gasteiger partial charge is 0.248 e. The lowest BCUT2D eigenvalue weighted by Gasteiger charge is -2.10. The Hall–Kier alpha value is -2.12. The molecule has 1 aromatic heterocycles. The summed E-state index contributed by atoms with van der Waals surface area (Å²) >= 11 is 6.00. The maximum absolute atomic E-state index is 6.00. The first kappa shape index (κ1) is 21.2. The van der Waals surface area contributed by atoms with Crippen LogP contribution in [0.2, 0.25) is 5.02 Å². The number of halogens is 1. The minimum absolute atomic E-state index is 0.301. The molecule has 0 saturated carbocycles. The van der Waals surface area contributed by atoms with E-state index in [1.54, 1.807) is 12.1 Å². The number of hydrogen-bond donors (Lipinski definition) is 2. The number of aliphatic imine (C=N–C) groups is 1. The van der Waals surface area contributed by atoms with Gasteiger partial charge in [-0.15, -0.1) is 0 Å². The van der Waals surface area contributed by atoms with E-state index in [1.165, 1.54) is 0 Å². The summed E-state index contributed by atoms with van der Waals surface area (Å²) in [4.78, 5) is 8.86. The molecule has 2 rings (SSSR count).